The third-order valence-electron chi connectivity index (χ3n) is 3.26. The van der Waals surface area contributed by atoms with E-state index in [2.05, 4.69) is 41.0 Å². The van der Waals surface area contributed by atoms with Crippen LogP contribution in [0.3, 0.4) is 0 Å². The van der Waals surface area contributed by atoms with E-state index in [-0.39, 0.29) is 6.67 Å². The van der Waals surface area contributed by atoms with E-state index in [1.54, 1.807) is 0 Å². The third-order valence-corrected chi connectivity index (χ3v) is 3.26. The zero-order valence-corrected chi connectivity index (χ0v) is 9.77. The molecule has 1 heterocycles. The molecule has 2 rings (SSSR count). The van der Waals surface area contributed by atoms with Gasteiger partial charge in [-0.05, 0) is 19.1 Å². The minimum absolute atomic E-state index is 0.240. The molecule has 0 spiro atoms. The van der Waals surface area contributed by atoms with Crippen molar-refractivity contribution < 1.29 is 4.39 Å². The fraction of sp³-hybridized carbons (Fsp3) is 0.538. The number of anilines is 1. The van der Waals surface area contributed by atoms with E-state index in [0.29, 0.717) is 12.6 Å². The van der Waals surface area contributed by atoms with Crippen molar-refractivity contribution in [2.45, 2.75) is 13.0 Å². The number of benzene rings is 1. The number of halogens is 1. The standard InChI is InChI=1S/C13H19FN2/c1-12-11-16(10-9-15(12)8-7-14)13-5-3-2-4-6-13/h2-6,12H,7-11H2,1H3. The number of hydrogen-bond acceptors (Lipinski definition) is 2. The highest BCUT2D eigenvalue weighted by Gasteiger charge is 2.22. The van der Waals surface area contributed by atoms with Gasteiger partial charge in [0.2, 0.25) is 0 Å². The molecule has 0 aromatic heterocycles. The summed E-state index contributed by atoms with van der Waals surface area (Å²) in [6, 6.07) is 10.9. The zero-order chi connectivity index (χ0) is 11.4. The molecule has 0 aliphatic carbocycles. The van der Waals surface area contributed by atoms with Crippen molar-refractivity contribution in [3.05, 3.63) is 30.3 Å². The quantitative estimate of drug-likeness (QED) is 0.773. The van der Waals surface area contributed by atoms with Gasteiger partial charge in [0.15, 0.2) is 0 Å². The van der Waals surface area contributed by atoms with Crippen LogP contribution in [0.4, 0.5) is 10.1 Å². The first-order valence-electron chi connectivity index (χ1n) is 5.91. The second-order valence-electron chi connectivity index (χ2n) is 4.36. The summed E-state index contributed by atoms with van der Waals surface area (Å²) in [5.74, 6) is 0. The molecular weight excluding hydrogens is 203 g/mol. The lowest BCUT2D eigenvalue weighted by atomic mass is 10.1. The van der Waals surface area contributed by atoms with Crippen LogP contribution < -0.4 is 4.90 Å². The van der Waals surface area contributed by atoms with Crippen LogP contribution in [-0.4, -0.2) is 43.8 Å². The van der Waals surface area contributed by atoms with E-state index in [0.717, 1.165) is 19.6 Å². The summed E-state index contributed by atoms with van der Waals surface area (Å²) in [6.07, 6.45) is 0. The number of hydrogen-bond donors (Lipinski definition) is 0. The van der Waals surface area contributed by atoms with E-state index in [9.17, 15) is 4.39 Å². The minimum atomic E-state index is -0.240. The molecule has 0 saturated carbocycles. The Morgan fingerprint density at radius 1 is 1.25 bits per heavy atom. The average molecular weight is 222 g/mol. The summed E-state index contributed by atoms with van der Waals surface area (Å²) in [5.41, 5.74) is 1.27. The number of piperazine rings is 1. The molecule has 0 bridgehead atoms. The number of alkyl halides is 1. The first kappa shape index (κ1) is 11.4. The van der Waals surface area contributed by atoms with Crippen LogP contribution in [0.1, 0.15) is 6.92 Å². The summed E-state index contributed by atoms with van der Waals surface area (Å²) in [4.78, 5) is 4.60. The summed E-state index contributed by atoms with van der Waals surface area (Å²) in [7, 11) is 0. The largest absolute Gasteiger partial charge is 0.369 e. The topological polar surface area (TPSA) is 6.48 Å². The summed E-state index contributed by atoms with van der Waals surface area (Å²) < 4.78 is 12.3. The molecule has 1 aromatic rings. The van der Waals surface area contributed by atoms with Crippen LogP contribution in [0.5, 0.6) is 0 Å². The number of rotatable bonds is 3. The zero-order valence-electron chi connectivity index (χ0n) is 9.77. The van der Waals surface area contributed by atoms with Crippen molar-refractivity contribution in [2.75, 3.05) is 37.8 Å². The van der Waals surface area contributed by atoms with E-state index in [4.69, 9.17) is 0 Å². The van der Waals surface area contributed by atoms with Crippen molar-refractivity contribution >= 4 is 5.69 Å². The molecule has 0 radical (unpaired) electrons. The number of para-hydroxylation sites is 1. The van der Waals surface area contributed by atoms with Gasteiger partial charge in [0.1, 0.15) is 6.67 Å². The van der Waals surface area contributed by atoms with Crippen LogP contribution in [-0.2, 0) is 0 Å². The maximum atomic E-state index is 12.3. The maximum absolute atomic E-state index is 12.3. The van der Waals surface area contributed by atoms with Crippen LogP contribution in [0.15, 0.2) is 30.3 Å². The van der Waals surface area contributed by atoms with Crippen LogP contribution in [0.25, 0.3) is 0 Å². The van der Waals surface area contributed by atoms with Crippen molar-refractivity contribution in [1.82, 2.24) is 4.90 Å². The Kier molecular flexibility index (Phi) is 3.78. The molecule has 16 heavy (non-hydrogen) atoms. The molecule has 1 unspecified atom stereocenters. The molecule has 1 fully saturated rings. The maximum Gasteiger partial charge on any atom is 0.102 e. The monoisotopic (exact) mass is 222 g/mol. The highest BCUT2D eigenvalue weighted by Crippen LogP contribution is 2.18. The Morgan fingerprint density at radius 3 is 2.62 bits per heavy atom. The lowest BCUT2D eigenvalue weighted by Crippen LogP contribution is -2.52. The molecular formula is C13H19FN2. The highest BCUT2D eigenvalue weighted by atomic mass is 19.1. The third kappa shape index (κ3) is 2.53. The summed E-state index contributed by atoms with van der Waals surface area (Å²) >= 11 is 0. The smallest absolute Gasteiger partial charge is 0.102 e. The van der Waals surface area contributed by atoms with Gasteiger partial charge < -0.3 is 4.90 Å². The van der Waals surface area contributed by atoms with E-state index >= 15 is 0 Å². The van der Waals surface area contributed by atoms with Gasteiger partial charge in [0, 0.05) is 37.9 Å². The van der Waals surface area contributed by atoms with Gasteiger partial charge in [0.25, 0.3) is 0 Å². The Bertz CT molecular complexity index is 315. The van der Waals surface area contributed by atoms with Gasteiger partial charge in [-0.1, -0.05) is 18.2 Å². The molecule has 1 aliphatic heterocycles. The molecule has 1 atom stereocenters. The molecule has 1 aromatic carbocycles. The van der Waals surface area contributed by atoms with Gasteiger partial charge in [-0.15, -0.1) is 0 Å². The molecule has 2 nitrogen and oxygen atoms in total. The number of nitrogens with zero attached hydrogens (tertiary/aromatic N) is 2. The Hall–Kier alpha value is -1.09. The Balaban J connectivity index is 1.97. The van der Waals surface area contributed by atoms with Crippen LogP contribution in [0, 0.1) is 0 Å². The fourth-order valence-corrected chi connectivity index (χ4v) is 2.31. The van der Waals surface area contributed by atoms with Gasteiger partial charge in [-0.25, -0.2) is 4.39 Å². The molecule has 3 heteroatoms. The second-order valence-corrected chi connectivity index (χ2v) is 4.36. The SMILES string of the molecule is CC1CN(c2ccccc2)CCN1CCF. The Morgan fingerprint density at radius 2 is 2.00 bits per heavy atom. The molecule has 0 N–H and O–H groups in total. The lowest BCUT2D eigenvalue weighted by molar-refractivity contribution is 0.175. The molecule has 1 aliphatic rings. The first-order chi connectivity index (χ1) is 7.81. The highest BCUT2D eigenvalue weighted by molar-refractivity contribution is 5.46. The second kappa shape index (κ2) is 5.30. The fourth-order valence-electron chi connectivity index (χ4n) is 2.31. The van der Waals surface area contributed by atoms with Gasteiger partial charge in [-0.3, -0.25) is 4.90 Å². The normalized spacial score (nSPS) is 22.4. The molecule has 1 saturated heterocycles. The predicted molar refractivity (Wildman–Crippen MR) is 65.7 cm³/mol. The van der Waals surface area contributed by atoms with E-state index in [1.807, 2.05) is 6.07 Å². The van der Waals surface area contributed by atoms with Crippen LogP contribution >= 0.6 is 0 Å². The molecule has 0 amide bonds. The predicted octanol–water partition coefficient (Wildman–Crippen LogP) is 2.17. The first-order valence-corrected chi connectivity index (χ1v) is 5.91. The van der Waals surface area contributed by atoms with Crippen molar-refractivity contribution in [3.8, 4) is 0 Å². The van der Waals surface area contributed by atoms with Gasteiger partial charge in [-0.2, -0.15) is 0 Å². The summed E-state index contributed by atoms with van der Waals surface area (Å²) in [6.45, 7) is 5.45. The Labute approximate surface area is 96.7 Å². The van der Waals surface area contributed by atoms with E-state index < -0.39 is 0 Å². The van der Waals surface area contributed by atoms with Crippen LogP contribution in [0.2, 0.25) is 0 Å². The molecule has 88 valence electrons. The summed E-state index contributed by atoms with van der Waals surface area (Å²) in [5, 5.41) is 0. The van der Waals surface area contributed by atoms with Crippen molar-refractivity contribution in [1.29, 1.82) is 0 Å². The minimum Gasteiger partial charge on any atom is -0.369 e. The van der Waals surface area contributed by atoms with Crippen molar-refractivity contribution in [2.24, 2.45) is 0 Å². The van der Waals surface area contributed by atoms with Crippen molar-refractivity contribution in [3.63, 3.8) is 0 Å². The average Bonchev–Trinajstić information content (AvgIpc) is 2.33. The van der Waals surface area contributed by atoms with E-state index in [1.165, 1.54) is 5.69 Å². The van der Waals surface area contributed by atoms with Gasteiger partial charge in [0.05, 0.1) is 0 Å². The van der Waals surface area contributed by atoms with Gasteiger partial charge >= 0.3 is 0 Å². The lowest BCUT2D eigenvalue weighted by Gasteiger charge is -2.40.